The minimum atomic E-state index is 0. The summed E-state index contributed by atoms with van der Waals surface area (Å²) in [7, 11) is 2.81. The van der Waals surface area contributed by atoms with Crippen molar-refractivity contribution in [2.45, 2.75) is 0 Å². The Hall–Kier alpha value is 0.0748. The van der Waals surface area contributed by atoms with Crippen LogP contribution in [0.15, 0.2) is 0 Å². The van der Waals surface area contributed by atoms with Crippen molar-refractivity contribution in [3.63, 3.8) is 0 Å². The van der Waals surface area contributed by atoms with Crippen LogP contribution in [-0.2, 0) is 0 Å². The van der Waals surface area contributed by atoms with E-state index < -0.39 is 0 Å². The van der Waals surface area contributed by atoms with Crippen molar-refractivity contribution in [3.05, 3.63) is 7.43 Å². The third-order valence-electron chi connectivity index (χ3n) is 0.750. The van der Waals surface area contributed by atoms with Gasteiger partial charge in [-0.15, -0.1) is 0 Å². The zero-order chi connectivity index (χ0) is 4.24. The fourth-order valence-corrected chi connectivity index (χ4v) is 0.453. The van der Waals surface area contributed by atoms with Crippen molar-refractivity contribution in [3.8, 4) is 0 Å². The Morgan fingerprint density at radius 3 is 1.14 bits per heavy atom. The molecule has 3 N–H and O–H groups in total. The maximum atomic E-state index is 3.06. The Labute approximate surface area is 46.5 Å². The minimum absolute atomic E-state index is 0. The number of hydrogen-bond acceptors (Lipinski definition) is 3. The van der Waals surface area contributed by atoms with Gasteiger partial charge in [0.2, 0.25) is 0 Å². The fraction of sp³-hybridized carbons (Fsp3) is 0. The number of rotatable bonds is 0. The summed E-state index contributed by atoms with van der Waals surface area (Å²) in [6.07, 6.45) is 0. The molecule has 0 aromatic heterocycles. The molecular weight excluding hydrogens is 86.5 g/mol. The third-order valence-corrected chi connectivity index (χ3v) is 0.750. The van der Waals surface area contributed by atoms with Crippen LogP contribution >= 0.6 is 0 Å². The van der Waals surface area contributed by atoms with E-state index in [2.05, 4.69) is 15.4 Å². The van der Waals surface area contributed by atoms with E-state index in [1.807, 2.05) is 0 Å². The van der Waals surface area contributed by atoms with Gasteiger partial charge in [0.25, 0.3) is 22.6 Å². The lowest BCUT2D eigenvalue weighted by atomic mass is 9.85. The molecule has 3 nitrogen and oxygen atoms in total. The van der Waals surface area contributed by atoms with Gasteiger partial charge in [-0.1, -0.05) is 0 Å². The van der Waals surface area contributed by atoms with Crippen LogP contribution in [0.2, 0.25) is 0 Å². The molecule has 1 saturated heterocycles. The minimum Gasteiger partial charge on any atom is -0.378 e. The first-order valence-corrected chi connectivity index (χ1v) is 2.12. The van der Waals surface area contributed by atoms with E-state index in [0.29, 0.717) is 0 Å². The molecule has 7 heavy (non-hydrogen) atoms. The molecule has 0 spiro atoms. The van der Waals surface area contributed by atoms with Crippen LogP contribution in [0.4, 0.5) is 0 Å². The molecule has 0 amide bonds. The van der Waals surface area contributed by atoms with Gasteiger partial charge in [-0.3, -0.25) is 0 Å². The topological polar surface area (TPSA) is 36.1 Å². The molecule has 0 aliphatic carbocycles. The van der Waals surface area contributed by atoms with E-state index in [4.69, 9.17) is 0 Å². The lowest BCUT2D eigenvalue weighted by Gasteiger charge is -2.08. The Bertz CT molecular complexity index is 25.7. The summed E-state index contributed by atoms with van der Waals surface area (Å²) in [5.74, 6) is 0. The summed E-state index contributed by atoms with van der Waals surface area (Å²) in [5.41, 5.74) is 0. The second kappa shape index (κ2) is 4.24. The average Bonchev–Trinajstić information content (AvgIpc) is 1.72. The third kappa shape index (κ3) is 2.73. The second-order valence-corrected chi connectivity index (χ2v) is 1.28. The molecule has 0 bridgehead atoms. The zero-order valence-electron chi connectivity index (χ0n) is 4.12. The molecule has 4 radical (unpaired) electrons. The summed E-state index contributed by atoms with van der Waals surface area (Å²) < 4.78 is 0. The van der Waals surface area contributed by atoms with Gasteiger partial charge in [0.05, 0.1) is 0 Å². The molecule has 1 aliphatic rings. The van der Waals surface area contributed by atoms with Crippen molar-refractivity contribution >= 4 is 22.6 Å². The summed E-state index contributed by atoms with van der Waals surface area (Å²) in [4.78, 5) is 0. The summed E-state index contributed by atoms with van der Waals surface area (Å²) in [6, 6.07) is 0. The quantitative estimate of drug-likeness (QED) is 0.273. The first kappa shape index (κ1) is 7.07. The maximum absolute atomic E-state index is 3.06. The highest BCUT2D eigenvalue weighted by Crippen LogP contribution is 1.46. The van der Waals surface area contributed by atoms with Crippen LogP contribution in [0.5, 0.6) is 0 Å². The lowest BCUT2D eigenvalue weighted by molar-refractivity contribution is 1.28. The van der Waals surface area contributed by atoms with Crippen molar-refractivity contribution in [1.82, 2.24) is 15.4 Å². The maximum Gasteiger partial charge on any atom is 0.265 e. The first-order valence-electron chi connectivity index (χ1n) is 2.12. The fourth-order valence-electron chi connectivity index (χ4n) is 0.453. The molecule has 34 valence electrons. The molecule has 1 aliphatic heterocycles. The Balaban J connectivity index is 0.000000360. The Morgan fingerprint density at radius 2 is 1.00 bits per heavy atom. The first-order chi connectivity index (χ1) is 3.00. The van der Waals surface area contributed by atoms with Gasteiger partial charge in [-0.2, -0.15) is 0 Å². The predicted molar refractivity (Wildman–Crippen MR) is 34.1 cm³/mol. The monoisotopic (exact) mass is 93.1 g/mol. The molecule has 0 atom stereocenters. The highest BCUT2D eigenvalue weighted by molar-refractivity contribution is 6.65. The van der Waals surface area contributed by atoms with Crippen LogP contribution in [0, 0.1) is 7.43 Å². The largest absolute Gasteiger partial charge is 0.378 e. The van der Waals surface area contributed by atoms with Crippen LogP contribution in [0.3, 0.4) is 0 Å². The van der Waals surface area contributed by atoms with Crippen molar-refractivity contribution in [2.24, 2.45) is 0 Å². The van der Waals surface area contributed by atoms with Crippen LogP contribution < -0.4 is 15.4 Å². The van der Waals surface area contributed by atoms with Crippen molar-refractivity contribution < 1.29 is 0 Å². The van der Waals surface area contributed by atoms with E-state index in [1.165, 1.54) is 0 Å². The number of hydrogen-bond donors (Lipinski definition) is 3. The Kier molecular flexibility index (Phi) is 4.28. The van der Waals surface area contributed by atoms with Gasteiger partial charge in [0.15, 0.2) is 0 Å². The predicted octanol–water partition coefficient (Wildman–Crippen LogP) is -3.35. The number of nitrogens with one attached hydrogen (secondary N) is 3. The van der Waals surface area contributed by atoms with Crippen molar-refractivity contribution in [2.75, 3.05) is 0 Å². The average molecular weight is 92.5 g/mol. The summed E-state index contributed by atoms with van der Waals surface area (Å²) >= 11 is 0. The van der Waals surface area contributed by atoms with Gasteiger partial charge in [0.1, 0.15) is 0 Å². The summed E-state index contributed by atoms with van der Waals surface area (Å²) in [6.45, 7) is 0. The van der Waals surface area contributed by atoms with Crippen LogP contribution in [-0.4, -0.2) is 22.6 Å². The van der Waals surface area contributed by atoms with E-state index in [-0.39, 0.29) is 7.43 Å². The van der Waals surface area contributed by atoms with E-state index >= 15 is 0 Å². The zero-order valence-corrected chi connectivity index (χ0v) is 4.12. The molecule has 0 aromatic carbocycles. The van der Waals surface area contributed by atoms with Gasteiger partial charge >= 0.3 is 0 Å². The van der Waals surface area contributed by atoms with Gasteiger partial charge in [0, 0.05) is 7.43 Å². The van der Waals surface area contributed by atoms with E-state index in [9.17, 15) is 0 Å². The lowest BCUT2D eigenvalue weighted by Crippen LogP contribution is -2.55. The highest BCUT2D eigenvalue weighted by Gasteiger charge is 1.97. The molecule has 0 aromatic rings. The Morgan fingerprint density at radius 1 is 0.714 bits per heavy atom. The molecule has 0 unspecified atom stereocenters. The van der Waals surface area contributed by atoms with Gasteiger partial charge < -0.3 is 15.4 Å². The van der Waals surface area contributed by atoms with Crippen LogP contribution in [0.1, 0.15) is 0 Å². The normalized spacial score (nSPS) is 17.1. The van der Waals surface area contributed by atoms with E-state index in [0.717, 1.165) is 22.6 Å². The summed E-state index contributed by atoms with van der Waals surface area (Å²) in [5, 5.41) is 9.19. The van der Waals surface area contributed by atoms with Gasteiger partial charge in [-0.25, -0.2) is 0 Å². The molecule has 1 rings (SSSR count). The SMILES string of the molecule is B1NBNBN1.[C]. The molecule has 1 fully saturated rings. The second-order valence-electron chi connectivity index (χ2n) is 1.28. The molecule has 1 heterocycles. The molecule has 0 saturated carbocycles. The standard InChI is InChI=1S/C.B3H6N3/c;1-4-2-6-3-5-1/h;1-6H. The van der Waals surface area contributed by atoms with Crippen molar-refractivity contribution in [1.29, 1.82) is 0 Å². The highest BCUT2D eigenvalue weighted by atomic mass is 15.0. The molecule has 6 heteroatoms. The smallest absolute Gasteiger partial charge is 0.265 e. The van der Waals surface area contributed by atoms with Crippen LogP contribution in [0.25, 0.3) is 0 Å². The van der Waals surface area contributed by atoms with Gasteiger partial charge in [-0.05, 0) is 0 Å². The molecular formula is CH6B3N3. The van der Waals surface area contributed by atoms with E-state index in [1.54, 1.807) is 0 Å².